The minimum Gasteiger partial charge on any atom is -0.495 e. The molecule has 17 heavy (non-hydrogen) atoms. The van der Waals surface area contributed by atoms with E-state index < -0.39 is 5.38 Å². The molecule has 1 amide bonds. The molecule has 1 atom stereocenters. The second-order valence-corrected chi connectivity index (χ2v) is 4.35. The molecule has 0 bridgehead atoms. The molecule has 0 aromatic heterocycles. The van der Waals surface area contributed by atoms with Gasteiger partial charge in [-0.1, -0.05) is 11.6 Å². The Balaban J connectivity index is 3.06. The van der Waals surface area contributed by atoms with Crippen LogP contribution in [0.1, 0.15) is 6.92 Å². The fourth-order valence-electron chi connectivity index (χ4n) is 1.19. The third-order valence-corrected chi connectivity index (χ3v) is 2.59. The molecule has 4 nitrogen and oxygen atoms in total. The van der Waals surface area contributed by atoms with Crippen molar-refractivity contribution in [2.75, 3.05) is 19.5 Å². The molecule has 0 aliphatic rings. The standard InChI is InChI=1S/C11H13Cl2NO3/c1-6(12)11(15)14-8-4-7(13)9(16-2)5-10(8)17-3/h4-6H,1-3H3,(H,14,15). The minimum atomic E-state index is -0.638. The van der Waals surface area contributed by atoms with E-state index in [0.717, 1.165) is 0 Å². The molecular formula is C11H13Cl2NO3. The van der Waals surface area contributed by atoms with Gasteiger partial charge in [-0.25, -0.2) is 0 Å². The van der Waals surface area contributed by atoms with E-state index in [9.17, 15) is 4.79 Å². The molecule has 0 saturated carbocycles. The van der Waals surface area contributed by atoms with Gasteiger partial charge in [0.15, 0.2) is 0 Å². The largest absolute Gasteiger partial charge is 0.495 e. The highest BCUT2D eigenvalue weighted by molar-refractivity contribution is 6.33. The first-order chi connectivity index (χ1) is 7.99. The first kappa shape index (κ1) is 13.9. The van der Waals surface area contributed by atoms with Crippen LogP contribution in [-0.4, -0.2) is 25.5 Å². The molecule has 94 valence electrons. The lowest BCUT2D eigenvalue weighted by Crippen LogP contribution is -2.20. The quantitative estimate of drug-likeness (QED) is 0.861. The molecule has 0 saturated heterocycles. The summed E-state index contributed by atoms with van der Waals surface area (Å²) >= 11 is 11.6. The molecule has 1 aromatic carbocycles. The van der Waals surface area contributed by atoms with E-state index in [0.29, 0.717) is 22.2 Å². The summed E-state index contributed by atoms with van der Waals surface area (Å²) in [5.74, 6) is 0.601. The van der Waals surface area contributed by atoms with Crippen LogP contribution in [0.5, 0.6) is 11.5 Å². The number of carbonyl (C=O) groups is 1. The summed E-state index contributed by atoms with van der Waals surface area (Å²) in [6.07, 6.45) is 0. The molecule has 1 unspecified atom stereocenters. The summed E-state index contributed by atoms with van der Waals surface area (Å²) in [7, 11) is 2.99. The van der Waals surface area contributed by atoms with Crippen molar-refractivity contribution in [1.82, 2.24) is 0 Å². The van der Waals surface area contributed by atoms with Crippen molar-refractivity contribution < 1.29 is 14.3 Å². The zero-order valence-corrected chi connectivity index (χ0v) is 11.2. The lowest BCUT2D eigenvalue weighted by atomic mass is 10.2. The van der Waals surface area contributed by atoms with Gasteiger partial charge in [0.1, 0.15) is 16.9 Å². The number of rotatable bonds is 4. The van der Waals surface area contributed by atoms with Gasteiger partial charge in [0.05, 0.1) is 24.9 Å². The van der Waals surface area contributed by atoms with Crippen molar-refractivity contribution in [3.05, 3.63) is 17.2 Å². The first-order valence-electron chi connectivity index (χ1n) is 4.86. The lowest BCUT2D eigenvalue weighted by Gasteiger charge is -2.13. The topological polar surface area (TPSA) is 47.6 Å². The minimum absolute atomic E-state index is 0.328. The van der Waals surface area contributed by atoms with Crippen LogP contribution in [0.3, 0.4) is 0 Å². The summed E-state index contributed by atoms with van der Waals surface area (Å²) in [6.45, 7) is 1.58. The Bertz CT molecular complexity index is 421. The summed E-state index contributed by atoms with van der Waals surface area (Å²) in [5, 5.41) is 2.36. The molecule has 0 aliphatic carbocycles. The van der Waals surface area contributed by atoms with Crippen molar-refractivity contribution in [3.8, 4) is 11.5 Å². The predicted octanol–water partition coefficient (Wildman–Crippen LogP) is 2.92. The van der Waals surface area contributed by atoms with Gasteiger partial charge in [-0.3, -0.25) is 4.79 Å². The zero-order chi connectivity index (χ0) is 13.0. The molecule has 1 aromatic rings. The van der Waals surface area contributed by atoms with Gasteiger partial charge >= 0.3 is 0 Å². The van der Waals surface area contributed by atoms with E-state index in [-0.39, 0.29) is 5.91 Å². The summed E-state index contributed by atoms with van der Waals surface area (Å²) in [4.78, 5) is 11.5. The number of carbonyl (C=O) groups excluding carboxylic acids is 1. The SMILES string of the molecule is COc1cc(OC)c(NC(=O)C(C)Cl)cc1Cl. The molecule has 0 spiro atoms. The van der Waals surface area contributed by atoms with Crippen molar-refractivity contribution in [2.24, 2.45) is 0 Å². The molecule has 0 aliphatic heterocycles. The average molecular weight is 278 g/mol. The van der Waals surface area contributed by atoms with Gasteiger partial charge in [-0.2, -0.15) is 0 Å². The number of anilines is 1. The molecular weight excluding hydrogens is 265 g/mol. The Morgan fingerprint density at radius 1 is 1.29 bits per heavy atom. The van der Waals surface area contributed by atoms with Crippen LogP contribution in [0.15, 0.2) is 12.1 Å². The highest BCUT2D eigenvalue weighted by Crippen LogP contribution is 2.35. The Labute approximate surface area is 110 Å². The van der Waals surface area contributed by atoms with Gasteiger partial charge < -0.3 is 14.8 Å². The predicted molar refractivity (Wildman–Crippen MR) is 68.5 cm³/mol. The van der Waals surface area contributed by atoms with Crippen molar-refractivity contribution in [1.29, 1.82) is 0 Å². The fourth-order valence-corrected chi connectivity index (χ4v) is 1.49. The Morgan fingerprint density at radius 3 is 2.35 bits per heavy atom. The van der Waals surface area contributed by atoms with E-state index in [1.807, 2.05) is 0 Å². The number of methoxy groups -OCH3 is 2. The van der Waals surface area contributed by atoms with Gasteiger partial charge in [0.2, 0.25) is 5.91 Å². The summed E-state index contributed by atoms with van der Waals surface area (Å²) < 4.78 is 10.2. The van der Waals surface area contributed by atoms with Crippen LogP contribution < -0.4 is 14.8 Å². The van der Waals surface area contributed by atoms with Gasteiger partial charge in [-0.05, 0) is 13.0 Å². The lowest BCUT2D eigenvalue weighted by molar-refractivity contribution is -0.115. The number of amides is 1. The number of halogens is 2. The van der Waals surface area contributed by atoms with Crippen molar-refractivity contribution in [3.63, 3.8) is 0 Å². The zero-order valence-electron chi connectivity index (χ0n) is 9.71. The number of ether oxygens (including phenoxy) is 2. The van der Waals surface area contributed by atoms with Crippen LogP contribution in [-0.2, 0) is 4.79 Å². The second kappa shape index (κ2) is 5.98. The third kappa shape index (κ3) is 3.41. The van der Waals surface area contributed by atoms with Crippen LogP contribution >= 0.6 is 23.2 Å². The van der Waals surface area contributed by atoms with Crippen LogP contribution in [0.2, 0.25) is 5.02 Å². The molecule has 0 fully saturated rings. The first-order valence-corrected chi connectivity index (χ1v) is 5.67. The number of benzene rings is 1. The molecule has 1 rings (SSSR count). The smallest absolute Gasteiger partial charge is 0.242 e. The van der Waals surface area contributed by atoms with Crippen molar-refractivity contribution >= 4 is 34.8 Å². The van der Waals surface area contributed by atoms with E-state index in [1.165, 1.54) is 14.2 Å². The van der Waals surface area contributed by atoms with E-state index in [4.69, 9.17) is 32.7 Å². The van der Waals surface area contributed by atoms with Gasteiger partial charge in [0, 0.05) is 6.07 Å². The molecule has 6 heteroatoms. The maximum absolute atomic E-state index is 11.5. The maximum atomic E-state index is 11.5. The van der Waals surface area contributed by atoms with E-state index in [2.05, 4.69) is 5.32 Å². The summed E-state index contributed by atoms with van der Waals surface area (Å²) in [5.41, 5.74) is 0.454. The highest BCUT2D eigenvalue weighted by atomic mass is 35.5. The van der Waals surface area contributed by atoms with Crippen LogP contribution in [0, 0.1) is 0 Å². The Kier molecular flexibility index (Phi) is 4.90. The normalized spacial score (nSPS) is 11.8. The molecule has 1 N–H and O–H groups in total. The number of alkyl halides is 1. The average Bonchev–Trinajstić information content (AvgIpc) is 2.29. The fraction of sp³-hybridized carbons (Fsp3) is 0.364. The van der Waals surface area contributed by atoms with E-state index >= 15 is 0 Å². The summed E-state index contributed by atoms with van der Waals surface area (Å²) in [6, 6.07) is 3.15. The number of nitrogens with one attached hydrogen (secondary N) is 1. The second-order valence-electron chi connectivity index (χ2n) is 3.29. The third-order valence-electron chi connectivity index (χ3n) is 2.09. The van der Waals surface area contributed by atoms with E-state index in [1.54, 1.807) is 19.1 Å². The highest BCUT2D eigenvalue weighted by Gasteiger charge is 2.15. The van der Waals surface area contributed by atoms with Gasteiger partial charge in [-0.15, -0.1) is 11.6 Å². The molecule has 0 radical (unpaired) electrons. The maximum Gasteiger partial charge on any atom is 0.242 e. The van der Waals surface area contributed by atoms with Crippen LogP contribution in [0.4, 0.5) is 5.69 Å². The van der Waals surface area contributed by atoms with Crippen LogP contribution in [0.25, 0.3) is 0 Å². The van der Waals surface area contributed by atoms with Crippen molar-refractivity contribution in [2.45, 2.75) is 12.3 Å². The number of hydrogen-bond donors (Lipinski definition) is 1. The molecule has 0 heterocycles. The monoisotopic (exact) mass is 277 g/mol. The van der Waals surface area contributed by atoms with Gasteiger partial charge in [0.25, 0.3) is 0 Å². The Morgan fingerprint density at radius 2 is 1.88 bits per heavy atom. The number of hydrogen-bond acceptors (Lipinski definition) is 3. The Hall–Kier alpha value is -1.13.